The zero-order valence-corrected chi connectivity index (χ0v) is 18.0. The Balaban J connectivity index is 1.68. The van der Waals surface area contributed by atoms with Gasteiger partial charge in [0.25, 0.3) is 5.91 Å². The normalized spacial score (nSPS) is 12.8. The molecule has 4 rings (SSSR count). The Morgan fingerprint density at radius 2 is 2.07 bits per heavy atom. The number of nitrogens with two attached hydrogens (primary N) is 1. The first-order valence-electron chi connectivity index (χ1n) is 8.47. The molecule has 0 saturated carbocycles. The van der Waals surface area contributed by atoms with Crippen molar-refractivity contribution in [3.05, 3.63) is 46.3 Å². The number of thiophene rings is 1. The summed E-state index contributed by atoms with van der Waals surface area (Å²) in [6, 6.07) is 8.02. The van der Waals surface area contributed by atoms with Crippen LogP contribution in [0.3, 0.4) is 0 Å². The van der Waals surface area contributed by atoms with Crippen LogP contribution in [0.25, 0.3) is 11.3 Å². The lowest BCUT2D eigenvalue weighted by molar-refractivity contribution is 0.0832. The van der Waals surface area contributed by atoms with Gasteiger partial charge in [-0.3, -0.25) is 4.79 Å². The third-order valence-corrected chi connectivity index (χ3v) is 7.47. The molecule has 1 aliphatic rings. The van der Waals surface area contributed by atoms with Crippen molar-refractivity contribution < 1.29 is 13.2 Å². The summed E-state index contributed by atoms with van der Waals surface area (Å²) in [5.74, 6) is 1.05. The minimum absolute atomic E-state index is 0.00276. The Morgan fingerprint density at radius 3 is 2.79 bits per heavy atom. The molecule has 150 valence electrons. The zero-order chi connectivity index (χ0) is 20.8. The van der Waals surface area contributed by atoms with E-state index in [-0.39, 0.29) is 10.8 Å². The number of fused-ring (bicyclic) bond motifs is 3. The maximum atomic E-state index is 12.3. The number of nitrogens with zero attached hydrogens (tertiary/aromatic N) is 3. The molecule has 0 fully saturated rings. The van der Waals surface area contributed by atoms with Gasteiger partial charge in [-0.15, -0.1) is 23.1 Å². The number of amides is 1. The molecule has 0 saturated heterocycles. The number of rotatable bonds is 4. The van der Waals surface area contributed by atoms with Gasteiger partial charge >= 0.3 is 0 Å². The van der Waals surface area contributed by atoms with Crippen molar-refractivity contribution in [3.63, 3.8) is 0 Å². The van der Waals surface area contributed by atoms with E-state index in [0.717, 1.165) is 26.8 Å². The molecule has 1 amide bonds. The highest BCUT2D eigenvalue weighted by Crippen LogP contribution is 2.44. The second-order valence-corrected chi connectivity index (χ2v) is 10.3. The Labute approximate surface area is 176 Å². The number of primary sulfonamides is 1. The first-order chi connectivity index (χ1) is 13.7. The van der Waals surface area contributed by atoms with E-state index >= 15 is 0 Å². The molecular weight excluding hydrogens is 430 g/mol. The molecule has 0 radical (unpaired) electrons. The van der Waals surface area contributed by atoms with Crippen LogP contribution in [0, 0.1) is 0 Å². The largest absolute Gasteiger partial charge is 0.344 e. The Kier molecular flexibility index (Phi) is 5.07. The van der Waals surface area contributed by atoms with Crippen LogP contribution in [0.2, 0.25) is 0 Å². The smallest absolute Gasteiger partial charge is 0.263 e. The second kappa shape index (κ2) is 7.41. The van der Waals surface area contributed by atoms with Gasteiger partial charge in [-0.1, -0.05) is 6.07 Å². The van der Waals surface area contributed by atoms with Crippen molar-refractivity contribution in [1.29, 1.82) is 0 Å². The van der Waals surface area contributed by atoms with Crippen LogP contribution in [0.5, 0.6) is 0 Å². The number of aromatic nitrogens is 2. The summed E-state index contributed by atoms with van der Waals surface area (Å²) < 4.78 is 23.1. The van der Waals surface area contributed by atoms with Crippen LogP contribution in [0.4, 0.5) is 11.6 Å². The minimum Gasteiger partial charge on any atom is -0.344 e. The van der Waals surface area contributed by atoms with Crippen molar-refractivity contribution in [2.75, 3.05) is 19.4 Å². The van der Waals surface area contributed by atoms with Gasteiger partial charge in [0.05, 0.1) is 20.4 Å². The molecule has 1 aliphatic heterocycles. The van der Waals surface area contributed by atoms with Gasteiger partial charge in [0.15, 0.2) is 0 Å². The standard InChI is InChI=1S/C18H17N5O3S3/c1-23(2)17(24)13-7-12-15(28-13)9-27-14-8-20-18(22-16(12)14)21-10-4-3-5-11(6-10)29(19,25)26/h3-8H,9H2,1-2H3,(H2,19,25,26)(H,20,21,22). The van der Waals surface area contributed by atoms with E-state index in [9.17, 15) is 13.2 Å². The van der Waals surface area contributed by atoms with Crippen LogP contribution >= 0.6 is 23.1 Å². The van der Waals surface area contributed by atoms with Crippen LogP contribution < -0.4 is 10.5 Å². The maximum Gasteiger partial charge on any atom is 0.263 e. The molecule has 3 heterocycles. The Bertz CT molecular complexity index is 1220. The molecule has 0 unspecified atom stereocenters. The van der Waals surface area contributed by atoms with Gasteiger partial charge in [0, 0.05) is 42.2 Å². The third-order valence-electron chi connectivity index (χ3n) is 4.21. The Morgan fingerprint density at radius 1 is 1.28 bits per heavy atom. The van der Waals surface area contributed by atoms with Gasteiger partial charge < -0.3 is 10.2 Å². The van der Waals surface area contributed by atoms with Crippen LogP contribution in [0.1, 0.15) is 14.5 Å². The Hall–Kier alpha value is -2.47. The van der Waals surface area contributed by atoms with Crippen molar-refractivity contribution in [1.82, 2.24) is 14.9 Å². The minimum atomic E-state index is -3.80. The lowest BCUT2D eigenvalue weighted by Gasteiger charge is -2.15. The molecule has 0 spiro atoms. The molecular formula is C18H17N5O3S3. The molecule has 29 heavy (non-hydrogen) atoms. The quantitative estimate of drug-likeness (QED) is 0.631. The van der Waals surface area contributed by atoms with Crippen molar-refractivity contribution in [2.24, 2.45) is 5.14 Å². The SMILES string of the molecule is CN(C)C(=O)c1cc2c(s1)CSc1cnc(Nc3cccc(S(N)(=O)=O)c3)nc1-2. The van der Waals surface area contributed by atoms with Crippen molar-refractivity contribution >= 4 is 50.7 Å². The van der Waals surface area contributed by atoms with Gasteiger partial charge in [0.1, 0.15) is 0 Å². The van der Waals surface area contributed by atoms with Crippen LogP contribution in [-0.2, 0) is 15.8 Å². The first kappa shape index (κ1) is 19.8. The van der Waals surface area contributed by atoms with E-state index in [1.54, 1.807) is 49.1 Å². The topological polar surface area (TPSA) is 118 Å². The average molecular weight is 448 g/mol. The molecule has 0 atom stereocenters. The number of hydrogen-bond donors (Lipinski definition) is 2. The van der Waals surface area contributed by atoms with Crippen LogP contribution in [0.15, 0.2) is 46.3 Å². The van der Waals surface area contributed by atoms with Gasteiger partial charge in [-0.2, -0.15) is 0 Å². The predicted octanol–water partition coefficient (Wildman–Crippen LogP) is 2.90. The number of nitrogens with one attached hydrogen (secondary N) is 1. The molecule has 1 aromatic carbocycles. The second-order valence-electron chi connectivity index (χ2n) is 6.54. The molecule has 3 aromatic rings. The fourth-order valence-corrected chi connectivity index (χ4v) is 5.63. The summed E-state index contributed by atoms with van der Waals surface area (Å²) in [7, 11) is -0.352. The van der Waals surface area contributed by atoms with Gasteiger partial charge in [-0.25, -0.2) is 23.5 Å². The maximum absolute atomic E-state index is 12.3. The predicted molar refractivity (Wildman–Crippen MR) is 114 cm³/mol. The van der Waals surface area contributed by atoms with E-state index in [1.807, 2.05) is 6.07 Å². The van der Waals surface area contributed by atoms with E-state index in [2.05, 4.69) is 15.3 Å². The average Bonchev–Trinajstić information content (AvgIpc) is 3.11. The number of hydrogen-bond acceptors (Lipinski definition) is 8. The first-order valence-corrected chi connectivity index (χ1v) is 11.8. The lowest BCUT2D eigenvalue weighted by Crippen LogP contribution is -2.20. The molecule has 2 aromatic heterocycles. The summed E-state index contributed by atoms with van der Waals surface area (Å²) in [6.07, 6.45) is 1.73. The lowest BCUT2D eigenvalue weighted by atomic mass is 10.1. The van der Waals surface area contributed by atoms with E-state index in [1.165, 1.54) is 23.5 Å². The third kappa shape index (κ3) is 3.99. The van der Waals surface area contributed by atoms with E-state index in [0.29, 0.717) is 16.5 Å². The van der Waals surface area contributed by atoms with Crippen molar-refractivity contribution in [3.8, 4) is 11.3 Å². The number of benzene rings is 1. The molecule has 0 bridgehead atoms. The molecule has 0 aliphatic carbocycles. The van der Waals surface area contributed by atoms with E-state index in [4.69, 9.17) is 5.14 Å². The number of thioether (sulfide) groups is 1. The summed E-state index contributed by atoms with van der Waals surface area (Å²) in [5, 5.41) is 8.21. The number of sulfonamides is 1. The zero-order valence-electron chi connectivity index (χ0n) is 15.5. The number of anilines is 2. The summed E-state index contributed by atoms with van der Waals surface area (Å²) in [4.78, 5) is 25.5. The monoisotopic (exact) mass is 447 g/mol. The fourth-order valence-electron chi connectivity index (χ4n) is 2.81. The molecule has 8 nitrogen and oxygen atoms in total. The van der Waals surface area contributed by atoms with Gasteiger partial charge in [0.2, 0.25) is 16.0 Å². The number of carbonyl (C=O) groups excluding carboxylic acids is 1. The fraction of sp³-hybridized carbons (Fsp3) is 0.167. The highest BCUT2D eigenvalue weighted by molar-refractivity contribution is 7.98. The summed E-state index contributed by atoms with van der Waals surface area (Å²) in [5.41, 5.74) is 2.19. The highest BCUT2D eigenvalue weighted by atomic mass is 32.2. The molecule has 3 N–H and O–H groups in total. The van der Waals surface area contributed by atoms with Crippen molar-refractivity contribution in [2.45, 2.75) is 15.5 Å². The van der Waals surface area contributed by atoms with Crippen LogP contribution in [-0.4, -0.2) is 43.3 Å². The summed E-state index contributed by atoms with van der Waals surface area (Å²) >= 11 is 3.10. The van der Waals surface area contributed by atoms with Gasteiger partial charge in [-0.05, 0) is 24.3 Å². The highest BCUT2D eigenvalue weighted by Gasteiger charge is 2.24. The summed E-state index contributed by atoms with van der Waals surface area (Å²) in [6.45, 7) is 0. The molecule has 11 heteroatoms. The number of carbonyl (C=O) groups is 1. The van der Waals surface area contributed by atoms with E-state index < -0.39 is 10.0 Å².